The minimum Gasteiger partial charge on any atom is -0.348 e. The van der Waals surface area contributed by atoms with Gasteiger partial charge in [-0.3, -0.25) is 0 Å². The van der Waals surface area contributed by atoms with E-state index in [1.807, 2.05) is 24.3 Å². The van der Waals surface area contributed by atoms with Crippen LogP contribution in [-0.2, 0) is 6.42 Å². The van der Waals surface area contributed by atoms with Crippen LogP contribution in [0.4, 0.5) is 0 Å². The first-order valence-electron chi connectivity index (χ1n) is 6.50. The van der Waals surface area contributed by atoms with E-state index in [1.165, 1.54) is 0 Å². The van der Waals surface area contributed by atoms with Gasteiger partial charge in [0.2, 0.25) is 0 Å². The highest BCUT2D eigenvalue weighted by Crippen LogP contribution is 2.25. The molecule has 3 heterocycles. The molecular formula is C13H13N5. The molecule has 2 aromatic heterocycles. The smallest absolute Gasteiger partial charge is 0.130 e. The Bertz CT molecular complexity index is 698. The number of rotatable bonds is 1. The Morgan fingerprint density at radius 3 is 3.22 bits per heavy atom. The van der Waals surface area contributed by atoms with Gasteiger partial charge in [0, 0.05) is 18.7 Å². The third kappa shape index (κ3) is 1.37. The fourth-order valence-electron chi connectivity index (χ4n) is 2.48. The van der Waals surface area contributed by atoms with Crippen molar-refractivity contribution < 1.29 is 1.41 Å². The first kappa shape index (κ1) is 8.88. The second kappa shape index (κ2) is 3.68. The number of H-pyrrole nitrogens is 2. The predicted molar refractivity (Wildman–Crippen MR) is 68.2 cm³/mol. The van der Waals surface area contributed by atoms with Gasteiger partial charge in [-0.05, 0) is 12.1 Å². The number of aromatic nitrogens is 4. The van der Waals surface area contributed by atoms with Crippen molar-refractivity contribution in [1.82, 2.24) is 25.2 Å². The van der Waals surface area contributed by atoms with Gasteiger partial charge in [0.1, 0.15) is 13.3 Å². The zero-order valence-corrected chi connectivity index (χ0v) is 9.72. The standard InChI is InChI=1S/C13H13N5/c1-2-4-9-8(3-1)17-13(18-9)12-11-10(5-6-14-12)15-7-16-11/h1-4,7,12,14H,5-6H2,(H,15,16)(H,17,18)/i/hD. The van der Waals surface area contributed by atoms with Gasteiger partial charge in [0.15, 0.2) is 0 Å². The minimum atomic E-state index is -0.220. The fourth-order valence-corrected chi connectivity index (χ4v) is 2.48. The van der Waals surface area contributed by atoms with E-state index in [9.17, 15) is 0 Å². The average molecular weight is 240 g/mol. The summed E-state index contributed by atoms with van der Waals surface area (Å²) in [5.41, 5.74) is 3.93. The number of aromatic amines is 2. The van der Waals surface area contributed by atoms with E-state index >= 15 is 0 Å². The van der Waals surface area contributed by atoms with Crippen LogP contribution in [0.1, 0.15) is 23.3 Å². The molecule has 3 N–H and O–H groups in total. The van der Waals surface area contributed by atoms with Crippen LogP contribution >= 0.6 is 0 Å². The molecule has 0 radical (unpaired) electrons. The first-order chi connectivity index (χ1) is 9.33. The molecule has 0 fully saturated rings. The monoisotopic (exact) mass is 240 g/mol. The van der Waals surface area contributed by atoms with E-state index in [-0.39, 0.29) is 6.04 Å². The van der Waals surface area contributed by atoms with Gasteiger partial charge in [-0.25, -0.2) is 9.97 Å². The Hall–Kier alpha value is -2.14. The molecule has 4 rings (SSSR count). The summed E-state index contributed by atoms with van der Waals surface area (Å²) in [4.78, 5) is 15.4. The molecule has 1 unspecified atom stereocenters. The zero-order chi connectivity index (χ0) is 12.8. The number of nitrogens with one attached hydrogen (secondary N) is 3. The van der Waals surface area contributed by atoms with Crippen LogP contribution in [0, 0.1) is 0 Å². The SMILES string of the molecule is [2H]N1CCc2[nH]cnc2C1c1nc2ccccc2[nH]1. The van der Waals surface area contributed by atoms with Crippen LogP contribution in [-0.4, -0.2) is 26.5 Å². The van der Waals surface area contributed by atoms with Crippen LogP contribution in [0.3, 0.4) is 0 Å². The van der Waals surface area contributed by atoms with E-state index in [4.69, 9.17) is 1.41 Å². The molecule has 0 bridgehead atoms. The van der Waals surface area contributed by atoms with E-state index < -0.39 is 0 Å². The molecule has 0 amide bonds. The maximum Gasteiger partial charge on any atom is 0.130 e. The highest BCUT2D eigenvalue weighted by molar-refractivity contribution is 5.74. The predicted octanol–water partition coefficient (Wildman–Crippen LogP) is 1.52. The Balaban J connectivity index is 1.87. The van der Waals surface area contributed by atoms with Crippen LogP contribution in [0.15, 0.2) is 30.6 Å². The average Bonchev–Trinajstić information content (AvgIpc) is 3.03. The second-order valence-electron chi connectivity index (χ2n) is 4.46. The summed E-state index contributed by atoms with van der Waals surface area (Å²) in [5, 5.41) is 1.54. The molecule has 18 heavy (non-hydrogen) atoms. The van der Waals surface area contributed by atoms with Crippen LogP contribution in [0.25, 0.3) is 11.0 Å². The highest BCUT2D eigenvalue weighted by Gasteiger charge is 2.26. The third-order valence-electron chi connectivity index (χ3n) is 3.35. The number of hydrogen-bond acceptors (Lipinski definition) is 3. The molecule has 0 aliphatic carbocycles. The topological polar surface area (TPSA) is 69.4 Å². The summed E-state index contributed by atoms with van der Waals surface area (Å²) in [5.74, 6) is 0.782. The van der Waals surface area contributed by atoms with Gasteiger partial charge in [-0.1, -0.05) is 12.1 Å². The molecule has 90 valence electrons. The maximum absolute atomic E-state index is 8.13. The number of fused-ring (bicyclic) bond motifs is 2. The van der Waals surface area contributed by atoms with Crippen LogP contribution < -0.4 is 5.31 Å². The van der Waals surface area contributed by atoms with E-state index in [0.29, 0.717) is 6.54 Å². The molecule has 1 aromatic carbocycles. The molecule has 0 saturated carbocycles. The Morgan fingerprint density at radius 2 is 2.28 bits per heavy atom. The second-order valence-corrected chi connectivity index (χ2v) is 4.46. The van der Waals surface area contributed by atoms with Crippen LogP contribution in [0.5, 0.6) is 0 Å². The molecule has 0 saturated heterocycles. The fraction of sp³-hybridized carbons (Fsp3) is 0.231. The minimum absolute atomic E-state index is 0.220. The van der Waals surface area contributed by atoms with Gasteiger partial charge >= 0.3 is 0 Å². The van der Waals surface area contributed by atoms with Gasteiger partial charge in [0.05, 0.1) is 23.1 Å². The summed E-state index contributed by atoms with van der Waals surface area (Å²) in [6.07, 6.45) is 2.52. The van der Waals surface area contributed by atoms with Crippen molar-refractivity contribution in [2.75, 3.05) is 6.54 Å². The van der Waals surface area contributed by atoms with Crippen molar-refractivity contribution in [3.05, 3.63) is 47.8 Å². The van der Waals surface area contributed by atoms with E-state index in [2.05, 4.69) is 19.9 Å². The number of nitrogens with zero attached hydrogens (tertiary/aromatic N) is 2. The van der Waals surface area contributed by atoms with Crippen molar-refractivity contribution in [2.24, 2.45) is 0 Å². The van der Waals surface area contributed by atoms with E-state index in [0.717, 1.165) is 34.7 Å². The lowest BCUT2D eigenvalue weighted by Gasteiger charge is -2.20. The van der Waals surface area contributed by atoms with Gasteiger partial charge < -0.3 is 15.3 Å². The number of benzene rings is 1. The van der Waals surface area contributed by atoms with Crippen molar-refractivity contribution >= 4 is 11.0 Å². The van der Waals surface area contributed by atoms with Gasteiger partial charge in [-0.15, -0.1) is 0 Å². The summed E-state index contributed by atoms with van der Waals surface area (Å²) in [6.45, 7) is 0.677. The van der Waals surface area contributed by atoms with E-state index in [1.54, 1.807) is 11.6 Å². The first-order valence-corrected chi connectivity index (χ1v) is 6.05. The van der Waals surface area contributed by atoms with Crippen molar-refractivity contribution in [3.8, 4) is 0 Å². The highest BCUT2D eigenvalue weighted by atomic mass is 15.1. The van der Waals surface area contributed by atoms with Crippen molar-refractivity contribution in [3.63, 3.8) is 0 Å². The molecule has 3 aromatic rings. The molecular weight excluding hydrogens is 226 g/mol. The lowest BCUT2D eigenvalue weighted by atomic mass is 10.1. The summed E-state index contributed by atoms with van der Waals surface area (Å²) < 4.78 is 8.13. The number of para-hydroxylation sites is 2. The molecule has 1 atom stereocenters. The summed E-state index contributed by atoms with van der Waals surface area (Å²) in [6, 6.07) is 7.68. The normalized spacial score (nSPS) is 20.9. The Morgan fingerprint density at radius 1 is 1.33 bits per heavy atom. The lowest BCUT2D eigenvalue weighted by Crippen LogP contribution is -2.31. The molecule has 1 aliphatic heterocycles. The molecule has 5 heteroatoms. The van der Waals surface area contributed by atoms with Gasteiger partial charge in [-0.2, -0.15) is 0 Å². The van der Waals surface area contributed by atoms with Crippen molar-refractivity contribution in [2.45, 2.75) is 12.5 Å². The largest absolute Gasteiger partial charge is 0.348 e. The maximum atomic E-state index is 8.13. The lowest BCUT2D eigenvalue weighted by molar-refractivity contribution is 0.535. The quantitative estimate of drug-likeness (QED) is 0.604. The Labute approximate surface area is 105 Å². The summed E-state index contributed by atoms with van der Waals surface area (Å²) >= 11 is 0. The number of imidazole rings is 2. The van der Waals surface area contributed by atoms with Gasteiger partial charge in [0.25, 0.3) is 0 Å². The Kier molecular flexibility index (Phi) is 1.81. The molecule has 0 spiro atoms. The summed E-state index contributed by atoms with van der Waals surface area (Å²) in [7, 11) is 0. The molecule has 5 nitrogen and oxygen atoms in total. The number of hydrogen-bond donors (Lipinski definition) is 3. The molecule has 1 aliphatic rings. The van der Waals surface area contributed by atoms with Crippen molar-refractivity contribution in [1.29, 1.82) is 0 Å². The van der Waals surface area contributed by atoms with Crippen LogP contribution in [0.2, 0.25) is 1.41 Å². The third-order valence-corrected chi connectivity index (χ3v) is 3.35. The zero-order valence-electron chi connectivity index (χ0n) is 10.7.